The zero-order valence-electron chi connectivity index (χ0n) is 10.7. The Kier molecular flexibility index (Phi) is 3.64. The molecule has 1 aromatic rings. The third kappa shape index (κ3) is 2.46. The largest absolute Gasteiger partial charge is 0.310 e. The van der Waals surface area contributed by atoms with Gasteiger partial charge < -0.3 is 5.32 Å². The Balaban J connectivity index is 1.84. The predicted molar refractivity (Wildman–Crippen MR) is 66.2 cm³/mol. The molecule has 0 aliphatic heterocycles. The van der Waals surface area contributed by atoms with Gasteiger partial charge in [0.2, 0.25) is 0 Å². The van der Waals surface area contributed by atoms with Gasteiger partial charge >= 0.3 is 0 Å². The maximum atomic E-state index is 4.27. The van der Waals surface area contributed by atoms with Crippen molar-refractivity contribution in [2.45, 2.75) is 52.1 Å². The fraction of sp³-hybridized carbons (Fsp3) is 0.769. The van der Waals surface area contributed by atoms with E-state index in [4.69, 9.17) is 0 Å². The average Bonchev–Trinajstić information content (AvgIpc) is 2.89. The van der Waals surface area contributed by atoms with Crippen molar-refractivity contribution < 1.29 is 0 Å². The van der Waals surface area contributed by atoms with Crippen LogP contribution >= 0.6 is 0 Å². The van der Waals surface area contributed by atoms with Crippen molar-refractivity contribution in [2.75, 3.05) is 0 Å². The Morgan fingerprint density at radius 2 is 2.19 bits per heavy atom. The molecular weight excluding hydrogens is 198 g/mol. The second-order valence-corrected chi connectivity index (χ2v) is 5.09. The van der Waals surface area contributed by atoms with Gasteiger partial charge in [0, 0.05) is 30.9 Å². The summed E-state index contributed by atoms with van der Waals surface area (Å²) in [7, 11) is 2.00. The molecule has 3 heteroatoms. The van der Waals surface area contributed by atoms with Crippen LogP contribution in [-0.4, -0.2) is 15.8 Å². The van der Waals surface area contributed by atoms with Crippen LogP contribution < -0.4 is 5.32 Å². The van der Waals surface area contributed by atoms with E-state index in [1.807, 2.05) is 17.9 Å². The molecule has 0 spiro atoms. The van der Waals surface area contributed by atoms with Crippen molar-refractivity contribution in [3.05, 3.63) is 17.5 Å². The van der Waals surface area contributed by atoms with Gasteiger partial charge in [0.05, 0.1) is 6.20 Å². The topological polar surface area (TPSA) is 29.9 Å². The van der Waals surface area contributed by atoms with E-state index in [9.17, 15) is 0 Å². The number of hydrogen-bond donors (Lipinski definition) is 1. The molecule has 1 heterocycles. The zero-order chi connectivity index (χ0) is 11.5. The molecular formula is C13H23N3. The highest BCUT2D eigenvalue weighted by molar-refractivity contribution is 5.15. The molecule has 1 aliphatic rings. The number of hydrogen-bond acceptors (Lipinski definition) is 2. The Labute approximate surface area is 98.2 Å². The number of nitrogens with zero attached hydrogens (tertiary/aromatic N) is 2. The molecule has 0 amide bonds. The molecule has 0 bridgehead atoms. The van der Waals surface area contributed by atoms with E-state index in [1.54, 1.807) is 0 Å². The minimum Gasteiger partial charge on any atom is -0.310 e. The van der Waals surface area contributed by atoms with Crippen LogP contribution in [0.5, 0.6) is 0 Å². The molecule has 0 radical (unpaired) electrons. The first-order chi connectivity index (χ1) is 7.68. The molecule has 1 aliphatic carbocycles. The molecule has 1 saturated carbocycles. The quantitative estimate of drug-likeness (QED) is 0.846. The summed E-state index contributed by atoms with van der Waals surface area (Å²) in [6, 6.07) is 0.641. The lowest BCUT2D eigenvalue weighted by Crippen LogP contribution is -2.31. The highest BCUT2D eigenvalue weighted by Crippen LogP contribution is 2.27. The average molecular weight is 221 g/mol. The van der Waals surface area contributed by atoms with Crippen molar-refractivity contribution in [2.24, 2.45) is 13.0 Å². The predicted octanol–water partition coefficient (Wildman–Crippen LogP) is 2.40. The van der Waals surface area contributed by atoms with Gasteiger partial charge in [0.15, 0.2) is 0 Å². The summed E-state index contributed by atoms with van der Waals surface area (Å²) in [4.78, 5) is 0. The van der Waals surface area contributed by atoms with E-state index < -0.39 is 0 Å². The molecule has 1 fully saturated rings. The maximum Gasteiger partial charge on any atom is 0.0537 e. The van der Waals surface area contributed by atoms with Gasteiger partial charge in [0.1, 0.15) is 0 Å². The second-order valence-electron chi connectivity index (χ2n) is 5.09. The summed E-state index contributed by atoms with van der Waals surface area (Å²) in [5.41, 5.74) is 2.60. The standard InChI is InChI=1S/C13H23N3/c1-10(12-6-4-5-7-12)14-8-13-9-15-16(3)11(13)2/h9-10,12,14H,4-8H2,1-3H3. The fourth-order valence-corrected chi connectivity index (χ4v) is 2.61. The molecule has 2 rings (SSSR count). The molecule has 90 valence electrons. The van der Waals surface area contributed by atoms with Crippen LogP contribution in [-0.2, 0) is 13.6 Å². The first-order valence-electron chi connectivity index (χ1n) is 6.39. The first kappa shape index (κ1) is 11.6. The van der Waals surface area contributed by atoms with Crippen LogP contribution in [0.3, 0.4) is 0 Å². The van der Waals surface area contributed by atoms with Gasteiger partial charge in [0.25, 0.3) is 0 Å². The molecule has 0 saturated heterocycles. The summed E-state index contributed by atoms with van der Waals surface area (Å²) in [6.45, 7) is 5.41. The van der Waals surface area contributed by atoms with E-state index in [-0.39, 0.29) is 0 Å². The molecule has 3 nitrogen and oxygen atoms in total. The summed E-state index contributed by atoms with van der Waals surface area (Å²) in [5.74, 6) is 0.886. The maximum absolute atomic E-state index is 4.27. The lowest BCUT2D eigenvalue weighted by molar-refractivity contribution is 0.380. The molecule has 1 unspecified atom stereocenters. The third-order valence-corrected chi connectivity index (χ3v) is 4.06. The van der Waals surface area contributed by atoms with Crippen molar-refractivity contribution in [1.82, 2.24) is 15.1 Å². The summed E-state index contributed by atoms with van der Waals surface area (Å²) in [6.07, 6.45) is 7.62. The third-order valence-electron chi connectivity index (χ3n) is 4.06. The van der Waals surface area contributed by atoms with Crippen LogP contribution in [0.15, 0.2) is 6.20 Å². The van der Waals surface area contributed by atoms with Gasteiger partial charge in [-0.3, -0.25) is 4.68 Å². The van der Waals surface area contributed by atoms with Crippen molar-refractivity contribution >= 4 is 0 Å². The monoisotopic (exact) mass is 221 g/mol. The molecule has 1 atom stereocenters. The lowest BCUT2D eigenvalue weighted by atomic mass is 10.00. The van der Waals surface area contributed by atoms with E-state index in [0.717, 1.165) is 12.5 Å². The fourth-order valence-electron chi connectivity index (χ4n) is 2.61. The van der Waals surface area contributed by atoms with Crippen LogP contribution in [0.1, 0.15) is 43.9 Å². The SMILES string of the molecule is Cc1c(CNC(C)C2CCCC2)cnn1C. The summed E-state index contributed by atoms with van der Waals surface area (Å²) < 4.78 is 1.94. The Bertz CT molecular complexity index is 337. The highest BCUT2D eigenvalue weighted by Gasteiger charge is 2.21. The minimum atomic E-state index is 0.641. The van der Waals surface area contributed by atoms with E-state index in [1.165, 1.54) is 36.9 Å². The number of aryl methyl sites for hydroxylation is 1. The van der Waals surface area contributed by atoms with Crippen LogP contribution in [0.25, 0.3) is 0 Å². The van der Waals surface area contributed by atoms with Gasteiger partial charge in [-0.1, -0.05) is 12.8 Å². The first-order valence-corrected chi connectivity index (χ1v) is 6.39. The zero-order valence-corrected chi connectivity index (χ0v) is 10.7. The minimum absolute atomic E-state index is 0.641. The van der Waals surface area contributed by atoms with Crippen molar-refractivity contribution in [1.29, 1.82) is 0 Å². The van der Waals surface area contributed by atoms with E-state index in [0.29, 0.717) is 6.04 Å². The summed E-state index contributed by atoms with van der Waals surface area (Å²) >= 11 is 0. The number of aromatic nitrogens is 2. The molecule has 1 aromatic heterocycles. The normalized spacial score (nSPS) is 19.2. The Hall–Kier alpha value is -0.830. The van der Waals surface area contributed by atoms with Gasteiger partial charge in [-0.15, -0.1) is 0 Å². The number of nitrogens with one attached hydrogen (secondary N) is 1. The van der Waals surface area contributed by atoms with Crippen LogP contribution in [0.4, 0.5) is 0 Å². The van der Waals surface area contributed by atoms with Crippen LogP contribution in [0, 0.1) is 12.8 Å². The molecule has 1 N–H and O–H groups in total. The smallest absolute Gasteiger partial charge is 0.0537 e. The van der Waals surface area contributed by atoms with Gasteiger partial charge in [-0.05, 0) is 32.6 Å². The Morgan fingerprint density at radius 1 is 1.50 bits per heavy atom. The van der Waals surface area contributed by atoms with Gasteiger partial charge in [-0.2, -0.15) is 5.10 Å². The van der Waals surface area contributed by atoms with Crippen molar-refractivity contribution in [3.63, 3.8) is 0 Å². The summed E-state index contributed by atoms with van der Waals surface area (Å²) in [5, 5.41) is 7.91. The van der Waals surface area contributed by atoms with Gasteiger partial charge in [-0.25, -0.2) is 0 Å². The molecule has 0 aromatic carbocycles. The highest BCUT2D eigenvalue weighted by atomic mass is 15.3. The second kappa shape index (κ2) is 5.00. The van der Waals surface area contributed by atoms with E-state index >= 15 is 0 Å². The Morgan fingerprint density at radius 3 is 2.75 bits per heavy atom. The van der Waals surface area contributed by atoms with Crippen molar-refractivity contribution in [3.8, 4) is 0 Å². The van der Waals surface area contributed by atoms with Crippen LogP contribution in [0.2, 0.25) is 0 Å². The lowest BCUT2D eigenvalue weighted by Gasteiger charge is -2.20. The number of rotatable bonds is 4. The molecule has 16 heavy (non-hydrogen) atoms. The van der Waals surface area contributed by atoms with E-state index in [2.05, 4.69) is 24.3 Å².